The van der Waals surface area contributed by atoms with E-state index in [1.54, 1.807) is 11.8 Å². The molecule has 2 aromatic heterocycles. The summed E-state index contributed by atoms with van der Waals surface area (Å²) in [4.78, 5) is 17.6. The van der Waals surface area contributed by atoms with Crippen LogP contribution in [0.3, 0.4) is 0 Å². The van der Waals surface area contributed by atoms with Crippen LogP contribution in [0.4, 0.5) is 0 Å². The molecule has 0 aliphatic rings. The smallest absolute Gasteiger partial charge is 0.252 e. The van der Waals surface area contributed by atoms with Crippen molar-refractivity contribution >= 4 is 16.9 Å². The molecule has 0 atom stereocenters. The number of aryl methyl sites for hydroxylation is 2. The fraction of sp³-hybridized carbons (Fsp3) is 0.381. The topological polar surface area (TPSA) is 78.3 Å². The van der Waals surface area contributed by atoms with Crippen LogP contribution in [0.15, 0.2) is 36.4 Å². The molecule has 1 amide bonds. The maximum absolute atomic E-state index is 12.9. The molecule has 28 heavy (non-hydrogen) atoms. The molecule has 3 aromatic rings. The monoisotopic (exact) mass is 382 g/mol. The summed E-state index contributed by atoms with van der Waals surface area (Å²) in [5.74, 6) is -0.127. The van der Waals surface area contributed by atoms with Gasteiger partial charge in [-0.1, -0.05) is 30.3 Å². The number of nitrogens with zero attached hydrogens (tertiary/aromatic N) is 3. The quantitative estimate of drug-likeness (QED) is 0.576. The van der Waals surface area contributed by atoms with Crippen LogP contribution in [-0.4, -0.2) is 54.1 Å². The van der Waals surface area contributed by atoms with Crippen molar-refractivity contribution in [2.24, 2.45) is 7.05 Å². The van der Waals surface area contributed by atoms with Gasteiger partial charge in [0.25, 0.3) is 5.91 Å². The molecular weight excluding hydrogens is 356 g/mol. The maximum Gasteiger partial charge on any atom is 0.252 e. The predicted octanol–water partition coefficient (Wildman–Crippen LogP) is 2.73. The number of carbonyl (C=O) groups is 1. The summed E-state index contributed by atoms with van der Waals surface area (Å²) in [5, 5.41) is 8.22. The second kappa shape index (κ2) is 9.43. The first-order chi connectivity index (χ1) is 13.6. The molecule has 0 saturated heterocycles. The van der Waals surface area contributed by atoms with Gasteiger partial charge in [-0.15, -0.1) is 0 Å². The Morgan fingerprint density at radius 3 is 2.71 bits per heavy atom. The van der Waals surface area contributed by atoms with E-state index >= 15 is 0 Å². The second-order valence-corrected chi connectivity index (χ2v) is 6.54. The van der Waals surface area contributed by atoms with Crippen LogP contribution in [0.2, 0.25) is 0 Å². The first-order valence-corrected chi connectivity index (χ1v) is 9.36. The summed E-state index contributed by atoms with van der Waals surface area (Å²) in [6.45, 7) is 4.15. The Kier molecular flexibility index (Phi) is 6.73. The zero-order valence-corrected chi connectivity index (χ0v) is 16.6. The highest BCUT2D eigenvalue weighted by molar-refractivity contribution is 6.07. The summed E-state index contributed by atoms with van der Waals surface area (Å²) >= 11 is 0. The minimum absolute atomic E-state index is 0.127. The number of benzene rings is 1. The number of hydrogen-bond donors (Lipinski definition) is 1. The number of aromatic nitrogens is 3. The lowest BCUT2D eigenvalue weighted by Gasteiger charge is -2.10. The zero-order valence-electron chi connectivity index (χ0n) is 16.6. The Morgan fingerprint density at radius 2 is 1.96 bits per heavy atom. The van der Waals surface area contributed by atoms with Crippen LogP contribution < -0.4 is 5.32 Å². The van der Waals surface area contributed by atoms with Crippen molar-refractivity contribution in [1.29, 1.82) is 0 Å². The van der Waals surface area contributed by atoms with Gasteiger partial charge in [-0.3, -0.25) is 9.48 Å². The van der Waals surface area contributed by atoms with Gasteiger partial charge in [-0.25, -0.2) is 4.98 Å². The standard InChI is InChI=1S/C21H26N4O3/c1-15-19-17(21(26)22-10-7-11-28-13-12-27-3)14-18(16-8-5-4-6-9-16)23-20(19)25(2)24-15/h4-6,8-9,14H,7,10-13H2,1-3H3,(H,22,26). The van der Waals surface area contributed by atoms with Crippen LogP contribution in [0.5, 0.6) is 0 Å². The summed E-state index contributed by atoms with van der Waals surface area (Å²) in [5.41, 5.74) is 3.80. The summed E-state index contributed by atoms with van der Waals surface area (Å²) < 4.78 is 12.1. The Balaban J connectivity index is 1.80. The zero-order chi connectivity index (χ0) is 19.9. The molecule has 2 heterocycles. The summed E-state index contributed by atoms with van der Waals surface area (Å²) in [6.07, 6.45) is 0.737. The van der Waals surface area contributed by atoms with Crippen LogP contribution in [0, 0.1) is 6.92 Å². The third kappa shape index (κ3) is 4.55. The Bertz CT molecular complexity index is 938. The van der Waals surface area contributed by atoms with E-state index in [-0.39, 0.29) is 5.91 Å². The van der Waals surface area contributed by atoms with Gasteiger partial charge in [0.1, 0.15) is 0 Å². The van der Waals surface area contributed by atoms with Crippen molar-refractivity contribution < 1.29 is 14.3 Å². The van der Waals surface area contributed by atoms with E-state index in [0.29, 0.717) is 37.6 Å². The average Bonchev–Trinajstić information content (AvgIpc) is 3.01. The van der Waals surface area contributed by atoms with Gasteiger partial charge in [-0.2, -0.15) is 5.10 Å². The van der Waals surface area contributed by atoms with Crippen molar-refractivity contribution in [2.45, 2.75) is 13.3 Å². The molecule has 0 fully saturated rings. The number of pyridine rings is 1. The van der Waals surface area contributed by atoms with Crippen LogP contribution >= 0.6 is 0 Å². The third-order valence-electron chi connectivity index (χ3n) is 4.47. The normalized spacial score (nSPS) is 11.1. The Hall–Kier alpha value is -2.77. The van der Waals surface area contributed by atoms with Crippen LogP contribution in [-0.2, 0) is 16.5 Å². The summed E-state index contributed by atoms with van der Waals surface area (Å²) in [7, 11) is 3.49. The number of nitrogens with one attached hydrogen (secondary N) is 1. The lowest BCUT2D eigenvalue weighted by atomic mass is 10.0. The number of hydrogen-bond acceptors (Lipinski definition) is 5. The van der Waals surface area contributed by atoms with Gasteiger partial charge in [0.05, 0.1) is 35.6 Å². The number of carbonyl (C=O) groups excluding carboxylic acids is 1. The van der Waals surface area contributed by atoms with Crippen molar-refractivity contribution in [2.75, 3.05) is 33.5 Å². The SMILES string of the molecule is COCCOCCCNC(=O)c1cc(-c2ccccc2)nc2c1c(C)nn2C. The van der Waals surface area contributed by atoms with E-state index in [1.165, 1.54) is 0 Å². The Labute approximate surface area is 164 Å². The summed E-state index contributed by atoms with van der Waals surface area (Å²) in [6, 6.07) is 11.7. The molecule has 0 radical (unpaired) electrons. The lowest BCUT2D eigenvalue weighted by Crippen LogP contribution is -2.26. The van der Waals surface area contributed by atoms with E-state index < -0.39 is 0 Å². The number of methoxy groups -OCH3 is 1. The highest BCUT2D eigenvalue weighted by Crippen LogP contribution is 2.26. The van der Waals surface area contributed by atoms with Gasteiger partial charge < -0.3 is 14.8 Å². The molecule has 0 saturated carbocycles. The average molecular weight is 382 g/mol. The van der Waals surface area contributed by atoms with Crippen molar-refractivity contribution in [3.8, 4) is 11.3 Å². The van der Waals surface area contributed by atoms with Crippen molar-refractivity contribution in [3.05, 3.63) is 47.7 Å². The Morgan fingerprint density at radius 1 is 1.18 bits per heavy atom. The molecule has 0 aliphatic heterocycles. The number of ether oxygens (including phenoxy) is 2. The molecule has 148 valence electrons. The molecule has 1 aromatic carbocycles. The highest BCUT2D eigenvalue weighted by Gasteiger charge is 2.19. The first-order valence-electron chi connectivity index (χ1n) is 9.36. The van der Waals surface area contributed by atoms with Gasteiger partial charge in [0, 0.05) is 32.9 Å². The number of fused-ring (bicyclic) bond motifs is 1. The predicted molar refractivity (Wildman–Crippen MR) is 108 cm³/mol. The van der Waals surface area contributed by atoms with E-state index in [1.807, 2.05) is 50.4 Å². The first kappa shape index (κ1) is 20.0. The van der Waals surface area contributed by atoms with E-state index in [2.05, 4.69) is 10.4 Å². The number of amides is 1. The van der Waals surface area contributed by atoms with E-state index in [0.717, 1.165) is 28.8 Å². The van der Waals surface area contributed by atoms with Crippen molar-refractivity contribution in [3.63, 3.8) is 0 Å². The van der Waals surface area contributed by atoms with Crippen molar-refractivity contribution in [1.82, 2.24) is 20.1 Å². The minimum Gasteiger partial charge on any atom is -0.382 e. The molecular formula is C21H26N4O3. The molecule has 0 bridgehead atoms. The highest BCUT2D eigenvalue weighted by atomic mass is 16.5. The van der Waals surface area contributed by atoms with Gasteiger partial charge in [-0.05, 0) is 19.4 Å². The van der Waals surface area contributed by atoms with Crippen LogP contribution in [0.1, 0.15) is 22.5 Å². The molecule has 7 heteroatoms. The van der Waals surface area contributed by atoms with Gasteiger partial charge >= 0.3 is 0 Å². The fourth-order valence-corrected chi connectivity index (χ4v) is 3.10. The third-order valence-corrected chi connectivity index (χ3v) is 4.47. The molecule has 1 N–H and O–H groups in total. The fourth-order valence-electron chi connectivity index (χ4n) is 3.10. The molecule has 0 unspecified atom stereocenters. The molecule has 0 aliphatic carbocycles. The second-order valence-electron chi connectivity index (χ2n) is 6.54. The molecule has 0 spiro atoms. The minimum atomic E-state index is -0.127. The van der Waals surface area contributed by atoms with E-state index in [4.69, 9.17) is 14.5 Å². The maximum atomic E-state index is 12.9. The molecule has 7 nitrogen and oxygen atoms in total. The van der Waals surface area contributed by atoms with Crippen LogP contribution in [0.25, 0.3) is 22.3 Å². The van der Waals surface area contributed by atoms with E-state index in [9.17, 15) is 4.79 Å². The number of rotatable bonds is 9. The van der Waals surface area contributed by atoms with Gasteiger partial charge in [0.15, 0.2) is 5.65 Å². The van der Waals surface area contributed by atoms with Gasteiger partial charge in [0.2, 0.25) is 0 Å². The molecule has 3 rings (SSSR count). The largest absolute Gasteiger partial charge is 0.382 e. The lowest BCUT2D eigenvalue weighted by molar-refractivity contribution is 0.0688.